The Hall–Kier alpha value is -4.32. The Labute approximate surface area is 229 Å². The number of hydrogen-bond donors (Lipinski definition) is 4. The number of ether oxygens (including phenoxy) is 1. The van der Waals surface area contributed by atoms with Gasteiger partial charge in [0, 0.05) is 43.4 Å². The van der Waals surface area contributed by atoms with Gasteiger partial charge >= 0.3 is 0 Å². The molecule has 0 aliphatic carbocycles. The van der Waals surface area contributed by atoms with E-state index < -0.39 is 11.7 Å². The van der Waals surface area contributed by atoms with Crippen molar-refractivity contribution in [3.05, 3.63) is 65.7 Å². The highest BCUT2D eigenvalue weighted by molar-refractivity contribution is 6.41. The summed E-state index contributed by atoms with van der Waals surface area (Å²) in [4.78, 5) is 29.7. The number of allylic oxidation sites excluding steroid dienone is 2. The number of rotatable bonds is 9. The zero-order valence-electron chi connectivity index (χ0n) is 23.6. The van der Waals surface area contributed by atoms with Crippen molar-refractivity contribution in [2.75, 3.05) is 46.7 Å². The van der Waals surface area contributed by atoms with Crippen LogP contribution in [-0.4, -0.2) is 80.8 Å². The molecule has 210 valence electrons. The third kappa shape index (κ3) is 8.88. The zero-order chi connectivity index (χ0) is 29.3. The van der Waals surface area contributed by atoms with Crippen LogP contribution in [0.25, 0.3) is 0 Å². The smallest absolute Gasteiger partial charge is 0.256 e. The standard InChI is InChI=1S/C27H38FN9O2/c1-9-31-20-16-32-26(37(7)13-12-36(5)6)35-23(20)24(30)33-19-14-17(10-11-18(19)28)25(38)34-22(29)15-21(39-8)27(2,3)4/h9-11,14-16,33H,1,12-13,30H2,2-8H3,(H2,29,34,38)/b21-15-,24-23-,31-20-. The number of carbonyl (C=O) groups is 1. The van der Waals surface area contributed by atoms with Gasteiger partial charge in [0.2, 0.25) is 5.96 Å². The van der Waals surface area contributed by atoms with Crippen molar-refractivity contribution in [1.29, 1.82) is 5.41 Å². The van der Waals surface area contributed by atoms with E-state index in [-0.39, 0.29) is 34.0 Å². The van der Waals surface area contributed by atoms with Crippen LogP contribution in [-0.2, 0) is 4.74 Å². The van der Waals surface area contributed by atoms with Crippen LogP contribution < -0.4 is 16.4 Å². The zero-order valence-corrected chi connectivity index (χ0v) is 23.6. The summed E-state index contributed by atoms with van der Waals surface area (Å²) >= 11 is 0. The minimum Gasteiger partial charge on any atom is -0.500 e. The van der Waals surface area contributed by atoms with Crippen LogP contribution in [0.5, 0.6) is 0 Å². The highest BCUT2D eigenvalue weighted by Crippen LogP contribution is 2.25. The fourth-order valence-electron chi connectivity index (χ4n) is 3.30. The average molecular weight is 540 g/mol. The predicted octanol–water partition coefficient (Wildman–Crippen LogP) is 3.17. The van der Waals surface area contributed by atoms with E-state index in [9.17, 15) is 9.18 Å². The molecular formula is C27H38FN9O2. The van der Waals surface area contributed by atoms with Gasteiger partial charge in [-0.05, 0) is 32.3 Å². The van der Waals surface area contributed by atoms with Crippen molar-refractivity contribution in [2.45, 2.75) is 20.8 Å². The van der Waals surface area contributed by atoms with E-state index in [1.807, 2.05) is 51.7 Å². The maximum atomic E-state index is 14.7. The van der Waals surface area contributed by atoms with Crippen LogP contribution in [0.15, 0.2) is 69.3 Å². The Bertz CT molecular complexity index is 1250. The monoisotopic (exact) mass is 539 g/mol. The van der Waals surface area contributed by atoms with Crippen LogP contribution >= 0.6 is 0 Å². The molecule has 1 aromatic carbocycles. The van der Waals surface area contributed by atoms with Crippen molar-refractivity contribution in [3.8, 4) is 0 Å². The fraction of sp³-hybridized carbons (Fsp3) is 0.370. The molecule has 12 heteroatoms. The molecule has 0 unspecified atom stereocenters. The molecule has 0 saturated heterocycles. The Kier molecular flexibility index (Phi) is 10.7. The van der Waals surface area contributed by atoms with Crippen LogP contribution in [0.1, 0.15) is 31.1 Å². The summed E-state index contributed by atoms with van der Waals surface area (Å²) in [6.07, 6.45) is 4.26. The quantitative estimate of drug-likeness (QED) is 0.216. The molecule has 0 bridgehead atoms. The number of benzene rings is 1. The van der Waals surface area contributed by atoms with Gasteiger partial charge in [0.05, 0.1) is 19.0 Å². The number of anilines is 1. The van der Waals surface area contributed by atoms with Crippen molar-refractivity contribution < 1.29 is 13.9 Å². The van der Waals surface area contributed by atoms with Crippen molar-refractivity contribution in [2.24, 2.45) is 26.1 Å². The summed E-state index contributed by atoms with van der Waals surface area (Å²) in [5, 5.41) is 13.4. The number of halogens is 1. The van der Waals surface area contributed by atoms with E-state index in [1.54, 1.807) is 0 Å². The number of hydrogen-bond acceptors (Lipinski definition) is 10. The van der Waals surface area contributed by atoms with Gasteiger partial charge in [-0.3, -0.25) is 15.2 Å². The number of likely N-dealkylation sites (N-methyl/N-ethyl adjacent to an activating group) is 2. The summed E-state index contributed by atoms with van der Waals surface area (Å²) < 4.78 is 20.1. The van der Waals surface area contributed by atoms with Gasteiger partial charge in [0.25, 0.3) is 5.91 Å². The lowest BCUT2D eigenvalue weighted by Gasteiger charge is -2.23. The van der Waals surface area contributed by atoms with Gasteiger partial charge in [-0.1, -0.05) is 27.4 Å². The van der Waals surface area contributed by atoms with Gasteiger partial charge in [-0.25, -0.2) is 14.4 Å². The molecule has 0 aromatic heterocycles. The molecule has 1 heterocycles. The second-order valence-corrected chi connectivity index (χ2v) is 10.0. The van der Waals surface area contributed by atoms with E-state index in [1.165, 1.54) is 37.7 Å². The normalized spacial score (nSPS) is 16.1. The Balaban J connectivity index is 2.34. The lowest BCUT2D eigenvalue weighted by Crippen LogP contribution is -2.35. The molecule has 5 N–H and O–H groups in total. The Morgan fingerprint density at radius 2 is 1.97 bits per heavy atom. The number of nitrogens with one attached hydrogen (secondary N) is 3. The van der Waals surface area contributed by atoms with Crippen LogP contribution in [0.4, 0.5) is 10.1 Å². The van der Waals surface area contributed by atoms with Gasteiger partial charge in [-0.2, -0.15) is 0 Å². The predicted molar refractivity (Wildman–Crippen MR) is 156 cm³/mol. The van der Waals surface area contributed by atoms with E-state index in [0.29, 0.717) is 24.0 Å². The van der Waals surface area contributed by atoms with Crippen LogP contribution in [0, 0.1) is 16.6 Å². The number of nitrogens with zero attached hydrogens (tertiary/aromatic N) is 5. The van der Waals surface area contributed by atoms with Crippen molar-refractivity contribution in [3.63, 3.8) is 0 Å². The molecule has 0 spiro atoms. The molecule has 39 heavy (non-hydrogen) atoms. The summed E-state index contributed by atoms with van der Waals surface area (Å²) in [7, 11) is 7.28. The number of methoxy groups -OCH3 is 1. The second kappa shape index (κ2) is 13.5. The molecule has 0 saturated carbocycles. The summed E-state index contributed by atoms with van der Waals surface area (Å²) in [5.41, 5.74) is 6.59. The highest BCUT2D eigenvalue weighted by atomic mass is 19.1. The Morgan fingerprint density at radius 1 is 1.28 bits per heavy atom. The first-order valence-corrected chi connectivity index (χ1v) is 12.2. The highest BCUT2D eigenvalue weighted by Gasteiger charge is 2.21. The molecule has 1 aromatic rings. The van der Waals surface area contributed by atoms with Crippen LogP contribution in [0.3, 0.4) is 0 Å². The van der Waals surface area contributed by atoms with Gasteiger partial charge in [-0.15, -0.1) is 0 Å². The lowest BCUT2D eigenvalue weighted by molar-refractivity contribution is 0.0977. The number of amidine groups is 1. The topological polar surface area (TPSA) is 144 Å². The largest absolute Gasteiger partial charge is 0.500 e. The average Bonchev–Trinajstić information content (AvgIpc) is 2.86. The molecule has 0 radical (unpaired) electrons. The van der Waals surface area contributed by atoms with Gasteiger partial charge < -0.3 is 30.9 Å². The molecule has 1 amide bonds. The summed E-state index contributed by atoms with van der Waals surface area (Å²) in [6, 6.07) is 3.74. The first-order valence-electron chi connectivity index (χ1n) is 12.2. The molecule has 1 aliphatic rings. The SMILES string of the molecule is C=C/N=C1/C=NC(N(C)CCN(C)C)=N/C1=C(/N)Nc1cc(C(=O)NC(=N)/C=C(\OC)C(C)(C)C)ccc1F. The number of amides is 1. The second-order valence-electron chi connectivity index (χ2n) is 10.0. The third-order valence-electron chi connectivity index (χ3n) is 5.45. The minimum absolute atomic E-state index is 0.00214. The minimum atomic E-state index is -0.640. The maximum Gasteiger partial charge on any atom is 0.256 e. The first kappa shape index (κ1) is 30.9. The third-order valence-corrected chi connectivity index (χ3v) is 5.45. The summed E-state index contributed by atoms with van der Waals surface area (Å²) in [6.45, 7) is 10.8. The molecule has 0 atom stereocenters. The fourth-order valence-corrected chi connectivity index (χ4v) is 3.30. The summed E-state index contributed by atoms with van der Waals surface area (Å²) in [5.74, 6) is -0.476. The number of carbonyl (C=O) groups excluding carboxylic acids is 1. The molecule has 0 fully saturated rings. The van der Waals surface area contributed by atoms with E-state index >= 15 is 0 Å². The van der Waals surface area contributed by atoms with Crippen molar-refractivity contribution >= 4 is 35.3 Å². The molecule has 11 nitrogen and oxygen atoms in total. The molecule has 1 aliphatic heterocycles. The molecule has 2 rings (SSSR count). The maximum absolute atomic E-state index is 14.7. The first-order chi connectivity index (χ1) is 18.3. The number of guanidine groups is 1. The van der Waals surface area contributed by atoms with Crippen LogP contribution in [0.2, 0.25) is 0 Å². The molecular weight excluding hydrogens is 501 g/mol. The van der Waals surface area contributed by atoms with E-state index in [0.717, 1.165) is 12.6 Å². The number of nitrogens with two attached hydrogens (primary N) is 1. The lowest BCUT2D eigenvalue weighted by atomic mass is 9.93. The van der Waals surface area contributed by atoms with Crippen molar-refractivity contribution in [1.82, 2.24) is 15.1 Å². The van der Waals surface area contributed by atoms with Gasteiger partial charge in [0.15, 0.2) is 0 Å². The van der Waals surface area contributed by atoms with Gasteiger partial charge in [0.1, 0.15) is 34.6 Å². The van der Waals surface area contributed by atoms with E-state index in [2.05, 4.69) is 32.2 Å². The van der Waals surface area contributed by atoms with E-state index in [4.69, 9.17) is 15.9 Å². The Morgan fingerprint density at radius 3 is 2.56 bits per heavy atom. The number of aliphatic imine (C=N–C) groups is 3.